The quantitative estimate of drug-likeness (QED) is 0.359. The van der Waals surface area contributed by atoms with Crippen molar-refractivity contribution in [1.29, 1.82) is 0 Å². The van der Waals surface area contributed by atoms with Crippen LogP contribution in [0.2, 0.25) is 0 Å². The topological polar surface area (TPSA) is 124 Å². The van der Waals surface area contributed by atoms with Crippen molar-refractivity contribution in [2.24, 2.45) is 0 Å². The largest absolute Gasteiger partial charge is 0.353 e. The Hall–Kier alpha value is -2.68. The fourth-order valence-corrected chi connectivity index (χ4v) is 6.71. The van der Waals surface area contributed by atoms with Gasteiger partial charge in [-0.15, -0.1) is 0 Å². The molecule has 0 spiro atoms. The lowest BCUT2D eigenvalue weighted by Crippen LogP contribution is -2.64. The number of methoxy groups -OCH3 is 1. The van der Waals surface area contributed by atoms with Crippen molar-refractivity contribution in [2.75, 3.05) is 13.7 Å². The lowest BCUT2D eigenvalue weighted by Gasteiger charge is -2.47. The molecule has 0 aromatic heterocycles. The second-order valence-electron chi connectivity index (χ2n) is 9.61. The molecule has 10 nitrogen and oxygen atoms in total. The van der Waals surface area contributed by atoms with E-state index in [9.17, 15) is 16.8 Å². The maximum atomic E-state index is 13.5. The van der Waals surface area contributed by atoms with E-state index >= 15 is 0 Å². The van der Waals surface area contributed by atoms with Crippen LogP contribution in [0.5, 0.6) is 0 Å². The molecule has 2 fully saturated rings. The third-order valence-electron chi connectivity index (χ3n) is 6.68. The average Bonchev–Trinajstić information content (AvgIpc) is 2.94. The van der Waals surface area contributed by atoms with Gasteiger partial charge in [0.15, 0.2) is 18.7 Å². The first-order valence-corrected chi connectivity index (χ1v) is 15.4. The highest BCUT2D eigenvalue weighted by atomic mass is 32.2. The van der Waals surface area contributed by atoms with Gasteiger partial charge in [0.05, 0.1) is 16.4 Å². The van der Waals surface area contributed by atoms with Gasteiger partial charge in [0.1, 0.15) is 18.3 Å². The van der Waals surface area contributed by atoms with Gasteiger partial charge in [0.25, 0.3) is 20.2 Å². The van der Waals surface area contributed by atoms with Crippen molar-refractivity contribution < 1.29 is 44.1 Å². The van der Waals surface area contributed by atoms with E-state index < -0.39 is 57.2 Å². The lowest BCUT2D eigenvalue weighted by molar-refractivity contribution is -0.351. The summed E-state index contributed by atoms with van der Waals surface area (Å²) in [6, 6.07) is 21.2. The van der Waals surface area contributed by atoms with Gasteiger partial charge in [0, 0.05) is 12.7 Å². The summed E-state index contributed by atoms with van der Waals surface area (Å²) in [4.78, 5) is -0.229. The monoisotopic (exact) mass is 590 g/mol. The van der Waals surface area contributed by atoms with E-state index in [0.717, 1.165) is 11.1 Å². The first-order valence-electron chi connectivity index (χ1n) is 12.6. The molecule has 0 N–H and O–H groups in total. The second kappa shape index (κ2) is 11.7. The molecule has 0 aliphatic carbocycles. The Kier molecular flexibility index (Phi) is 8.41. The van der Waals surface area contributed by atoms with E-state index in [0.29, 0.717) is 5.56 Å². The van der Waals surface area contributed by atoms with E-state index in [4.69, 9.17) is 27.3 Å². The molecule has 12 heteroatoms. The Morgan fingerprint density at radius 3 is 1.75 bits per heavy atom. The number of fused-ring (bicyclic) bond motifs is 1. The average molecular weight is 591 g/mol. The van der Waals surface area contributed by atoms with E-state index in [-0.39, 0.29) is 16.4 Å². The van der Waals surface area contributed by atoms with Crippen LogP contribution >= 0.6 is 0 Å². The fourth-order valence-electron chi connectivity index (χ4n) is 4.54. The Balaban J connectivity index is 1.53. The molecule has 2 aliphatic heterocycles. The van der Waals surface area contributed by atoms with Gasteiger partial charge in [0.2, 0.25) is 0 Å². The third-order valence-corrected chi connectivity index (χ3v) is 9.33. The van der Waals surface area contributed by atoms with Gasteiger partial charge in [-0.05, 0) is 38.1 Å². The summed E-state index contributed by atoms with van der Waals surface area (Å²) in [7, 11) is -7.52. The van der Waals surface area contributed by atoms with E-state index in [2.05, 4.69) is 0 Å². The van der Waals surface area contributed by atoms with Crippen molar-refractivity contribution in [3.8, 4) is 0 Å². The number of aryl methyl sites for hydroxylation is 2. The minimum Gasteiger partial charge on any atom is -0.353 e. The van der Waals surface area contributed by atoms with Gasteiger partial charge in [-0.1, -0.05) is 65.7 Å². The SMILES string of the molecule is CO[C@H]1O[C@@H]2COC(c3ccccc3)O[C@H]2[C@@H](OS(=O)(=O)c2ccc(C)cc2)[C@@H]1OS(=O)(=O)c1ccc(C)cc1. The van der Waals surface area contributed by atoms with Crippen LogP contribution in [0.1, 0.15) is 23.0 Å². The van der Waals surface area contributed by atoms with Gasteiger partial charge < -0.3 is 18.9 Å². The Morgan fingerprint density at radius 2 is 1.23 bits per heavy atom. The van der Waals surface area contributed by atoms with E-state index in [1.54, 1.807) is 36.4 Å². The van der Waals surface area contributed by atoms with Crippen LogP contribution in [0.3, 0.4) is 0 Å². The van der Waals surface area contributed by atoms with Crippen molar-refractivity contribution >= 4 is 20.2 Å². The summed E-state index contributed by atoms with van der Waals surface area (Å²) in [5.41, 5.74) is 2.39. The summed E-state index contributed by atoms with van der Waals surface area (Å²) in [5.74, 6) is 0. The molecule has 40 heavy (non-hydrogen) atoms. The van der Waals surface area contributed by atoms with Gasteiger partial charge in [-0.3, -0.25) is 8.37 Å². The molecule has 6 atom stereocenters. The molecule has 3 aromatic carbocycles. The van der Waals surface area contributed by atoms with Crippen LogP contribution in [-0.4, -0.2) is 61.3 Å². The maximum absolute atomic E-state index is 13.5. The highest BCUT2D eigenvalue weighted by Gasteiger charge is 2.54. The van der Waals surface area contributed by atoms with Crippen LogP contribution in [0.25, 0.3) is 0 Å². The molecule has 0 amide bonds. The standard InChI is InChI=1S/C28H30O10S2/c1-18-9-13-21(14-10-18)39(29,30)37-25-24-23(17-34-27(36-24)20-7-5-4-6-8-20)35-28(33-3)26(25)38-40(31,32)22-15-11-19(2)12-16-22/h4-16,23-28H,17H2,1-3H3/t23-,24-,25-,26+,27?,28+/m1/s1. The van der Waals surface area contributed by atoms with Crippen LogP contribution < -0.4 is 0 Å². The fraction of sp³-hybridized carbons (Fsp3) is 0.357. The number of hydrogen-bond donors (Lipinski definition) is 0. The number of rotatable bonds is 8. The van der Waals surface area contributed by atoms with Crippen LogP contribution in [0.4, 0.5) is 0 Å². The minimum absolute atomic E-state index is 0.00591. The molecule has 0 radical (unpaired) electrons. The Morgan fingerprint density at radius 1 is 0.700 bits per heavy atom. The summed E-state index contributed by atoms with van der Waals surface area (Å²) in [6.45, 7) is 3.65. The van der Waals surface area contributed by atoms with Gasteiger partial charge >= 0.3 is 0 Å². The molecule has 3 aromatic rings. The maximum Gasteiger partial charge on any atom is 0.297 e. The molecule has 214 valence electrons. The van der Waals surface area contributed by atoms with E-state index in [1.165, 1.54) is 31.4 Å². The van der Waals surface area contributed by atoms with Gasteiger partial charge in [-0.2, -0.15) is 16.8 Å². The zero-order valence-corrected chi connectivity index (χ0v) is 23.7. The normalized spacial score (nSPS) is 27.2. The molecule has 1 unspecified atom stereocenters. The van der Waals surface area contributed by atoms with Crippen molar-refractivity contribution in [2.45, 2.75) is 60.6 Å². The molecular weight excluding hydrogens is 560 g/mol. The summed E-state index contributed by atoms with van der Waals surface area (Å²) >= 11 is 0. The second-order valence-corrected chi connectivity index (χ2v) is 12.8. The molecule has 0 bridgehead atoms. The molecule has 2 saturated heterocycles. The van der Waals surface area contributed by atoms with Crippen molar-refractivity contribution in [3.63, 3.8) is 0 Å². The first kappa shape index (κ1) is 28.8. The zero-order chi connectivity index (χ0) is 28.5. The van der Waals surface area contributed by atoms with Crippen LogP contribution in [0, 0.1) is 13.8 Å². The molecule has 2 aliphatic rings. The molecular formula is C28H30O10S2. The molecule has 5 rings (SSSR count). The smallest absolute Gasteiger partial charge is 0.297 e. The third kappa shape index (κ3) is 6.14. The Labute approximate surface area is 234 Å². The van der Waals surface area contributed by atoms with Crippen LogP contribution in [0.15, 0.2) is 88.7 Å². The van der Waals surface area contributed by atoms with Crippen LogP contribution in [-0.2, 0) is 47.5 Å². The number of hydrogen-bond acceptors (Lipinski definition) is 10. The predicted molar refractivity (Wildman–Crippen MR) is 142 cm³/mol. The molecule has 2 heterocycles. The van der Waals surface area contributed by atoms with E-state index in [1.807, 2.05) is 32.0 Å². The predicted octanol–water partition coefficient (Wildman–Crippen LogP) is 3.64. The summed E-state index contributed by atoms with van der Waals surface area (Å²) < 4.78 is 88.4. The summed E-state index contributed by atoms with van der Waals surface area (Å²) in [5, 5.41) is 0. The molecule has 0 saturated carbocycles. The summed E-state index contributed by atoms with van der Waals surface area (Å²) in [6.07, 6.45) is -7.17. The zero-order valence-electron chi connectivity index (χ0n) is 22.1. The Bertz CT molecular complexity index is 1510. The number of ether oxygens (including phenoxy) is 4. The first-order chi connectivity index (χ1) is 19.1. The van der Waals surface area contributed by atoms with Crippen molar-refractivity contribution in [1.82, 2.24) is 0 Å². The highest BCUT2D eigenvalue weighted by Crippen LogP contribution is 2.38. The number of benzene rings is 3. The van der Waals surface area contributed by atoms with Gasteiger partial charge in [-0.25, -0.2) is 0 Å². The highest BCUT2D eigenvalue weighted by molar-refractivity contribution is 7.87. The lowest BCUT2D eigenvalue weighted by atomic mass is 9.98. The van der Waals surface area contributed by atoms with Crippen molar-refractivity contribution in [3.05, 3.63) is 95.6 Å². The minimum atomic E-state index is -4.41.